The number of ether oxygens (including phenoxy) is 2. The zero-order valence-electron chi connectivity index (χ0n) is 9.42. The van der Waals surface area contributed by atoms with Gasteiger partial charge in [-0.25, -0.2) is 14.5 Å². The van der Waals surface area contributed by atoms with E-state index in [1.165, 1.54) is 6.08 Å². The van der Waals surface area contributed by atoms with Crippen LogP contribution in [0.5, 0.6) is 0 Å². The van der Waals surface area contributed by atoms with E-state index >= 15 is 0 Å². The van der Waals surface area contributed by atoms with Crippen LogP contribution in [0.25, 0.3) is 0 Å². The molecule has 0 aromatic heterocycles. The second kappa shape index (κ2) is 4.57. The number of esters is 1. The molecule has 2 aliphatic rings. The molecule has 2 heterocycles. The van der Waals surface area contributed by atoms with Crippen LogP contribution >= 0.6 is 0 Å². The highest BCUT2D eigenvalue weighted by Gasteiger charge is 2.32. The number of hydrogen-bond acceptors (Lipinski definition) is 5. The molecule has 2 atom stereocenters. The van der Waals surface area contributed by atoms with Gasteiger partial charge in [0, 0.05) is 18.4 Å². The fraction of sp³-hybridized carbons (Fsp3) is 0.545. The van der Waals surface area contributed by atoms with Gasteiger partial charge in [0.05, 0.1) is 6.54 Å². The summed E-state index contributed by atoms with van der Waals surface area (Å²) in [6, 6.07) is 0. The van der Waals surface area contributed by atoms with Crippen molar-refractivity contribution in [2.24, 2.45) is 5.92 Å². The van der Waals surface area contributed by atoms with E-state index in [1.807, 2.05) is 0 Å². The van der Waals surface area contributed by atoms with Crippen LogP contribution in [0, 0.1) is 5.92 Å². The lowest BCUT2D eigenvalue weighted by Gasteiger charge is -2.18. The van der Waals surface area contributed by atoms with Gasteiger partial charge in [-0.15, -0.1) is 0 Å². The predicted molar refractivity (Wildman–Crippen MR) is 55.9 cm³/mol. The lowest BCUT2D eigenvalue weighted by Crippen LogP contribution is -2.34. The molecule has 0 aliphatic carbocycles. The second-order valence-corrected chi connectivity index (χ2v) is 4.10. The first kappa shape index (κ1) is 11.6. The SMILES string of the molecule is C[C@H](CC(=O)N1CCOC1=O)[C@@H]1C=CC(=O)O1. The number of rotatable bonds is 3. The Morgan fingerprint density at radius 3 is 2.88 bits per heavy atom. The van der Waals surface area contributed by atoms with Gasteiger partial charge in [-0.05, 0) is 6.08 Å². The lowest BCUT2D eigenvalue weighted by atomic mass is 10.0. The van der Waals surface area contributed by atoms with Gasteiger partial charge < -0.3 is 9.47 Å². The predicted octanol–water partition coefficient (Wildman–Crippen LogP) is 0.473. The summed E-state index contributed by atoms with van der Waals surface area (Å²) in [6.45, 7) is 2.34. The average molecular weight is 239 g/mol. The third kappa shape index (κ3) is 2.46. The van der Waals surface area contributed by atoms with Crippen molar-refractivity contribution in [1.82, 2.24) is 4.90 Å². The van der Waals surface area contributed by atoms with E-state index < -0.39 is 12.1 Å². The Morgan fingerprint density at radius 1 is 1.59 bits per heavy atom. The largest absolute Gasteiger partial charge is 0.455 e. The van der Waals surface area contributed by atoms with Gasteiger partial charge in [-0.1, -0.05) is 6.92 Å². The molecule has 2 rings (SSSR count). The molecule has 0 aromatic rings. The van der Waals surface area contributed by atoms with Crippen LogP contribution in [0.15, 0.2) is 12.2 Å². The molecule has 0 saturated carbocycles. The molecular weight excluding hydrogens is 226 g/mol. The van der Waals surface area contributed by atoms with Gasteiger partial charge in [0.25, 0.3) is 0 Å². The number of cyclic esters (lactones) is 2. The van der Waals surface area contributed by atoms with E-state index in [0.717, 1.165) is 4.90 Å². The summed E-state index contributed by atoms with van der Waals surface area (Å²) in [7, 11) is 0. The van der Waals surface area contributed by atoms with Gasteiger partial charge in [-0.3, -0.25) is 4.79 Å². The van der Waals surface area contributed by atoms with E-state index in [0.29, 0.717) is 6.54 Å². The maximum absolute atomic E-state index is 11.8. The fourth-order valence-corrected chi connectivity index (χ4v) is 1.81. The number of imide groups is 1. The first-order chi connectivity index (χ1) is 8.08. The van der Waals surface area contributed by atoms with Crippen LogP contribution in [0.2, 0.25) is 0 Å². The Balaban J connectivity index is 1.88. The first-order valence-corrected chi connectivity index (χ1v) is 5.44. The van der Waals surface area contributed by atoms with Crippen molar-refractivity contribution in [3.8, 4) is 0 Å². The fourth-order valence-electron chi connectivity index (χ4n) is 1.81. The minimum absolute atomic E-state index is 0.150. The molecule has 0 spiro atoms. The van der Waals surface area contributed by atoms with Crippen LogP contribution in [-0.4, -0.2) is 42.1 Å². The van der Waals surface area contributed by atoms with Gasteiger partial charge in [0.2, 0.25) is 5.91 Å². The smallest absolute Gasteiger partial charge is 0.416 e. The summed E-state index contributed by atoms with van der Waals surface area (Å²) in [6.07, 6.45) is 2.14. The zero-order valence-corrected chi connectivity index (χ0v) is 9.42. The van der Waals surface area contributed by atoms with Gasteiger partial charge in [0.1, 0.15) is 12.7 Å². The van der Waals surface area contributed by atoms with Crippen molar-refractivity contribution in [1.29, 1.82) is 0 Å². The summed E-state index contributed by atoms with van der Waals surface area (Å²) < 4.78 is 9.65. The Labute approximate surface area is 98.2 Å². The Morgan fingerprint density at radius 2 is 2.35 bits per heavy atom. The Bertz CT molecular complexity index is 389. The molecule has 0 bridgehead atoms. The number of carbonyl (C=O) groups excluding carboxylic acids is 3. The Hall–Kier alpha value is -1.85. The minimum Gasteiger partial charge on any atom is -0.455 e. The molecule has 1 fully saturated rings. The molecule has 92 valence electrons. The van der Waals surface area contributed by atoms with Gasteiger partial charge in [-0.2, -0.15) is 0 Å². The van der Waals surface area contributed by atoms with E-state index in [9.17, 15) is 14.4 Å². The Kier molecular flexibility index (Phi) is 3.12. The number of nitrogens with zero attached hydrogens (tertiary/aromatic N) is 1. The monoisotopic (exact) mass is 239 g/mol. The average Bonchev–Trinajstić information content (AvgIpc) is 2.86. The molecule has 6 heteroatoms. The molecular formula is C11H13NO5. The van der Waals surface area contributed by atoms with E-state index in [4.69, 9.17) is 4.74 Å². The van der Waals surface area contributed by atoms with Crippen LogP contribution in [0.4, 0.5) is 4.79 Å². The minimum atomic E-state index is -0.596. The van der Waals surface area contributed by atoms with Gasteiger partial charge >= 0.3 is 12.1 Å². The maximum Gasteiger partial charge on any atom is 0.416 e. The second-order valence-electron chi connectivity index (χ2n) is 4.10. The molecule has 0 aromatic carbocycles. The van der Waals surface area contributed by atoms with Crippen LogP contribution < -0.4 is 0 Å². The summed E-state index contributed by atoms with van der Waals surface area (Å²) in [5.74, 6) is -0.843. The van der Waals surface area contributed by atoms with Gasteiger partial charge in [0.15, 0.2) is 0 Å². The number of hydrogen-bond donors (Lipinski definition) is 0. The van der Waals surface area contributed by atoms with Crippen LogP contribution in [-0.2, 0) is 19.1 Å². The van der Waals surface area contributed by atoms with E-state index in [2.05, 4.69) is 4.74 Å². The number of carbonyl (C=O) groups is 3. The van der Waals surface area contributed by atoms with Crippen molar-refractivity contribution in [2.75, 3.05) is 13.2 Å². The highest BCUT2D eigenvalue weighted by Crippen LogP contribution is 2.20. The third-order valence-corrected chi connectivity index (χ3v) is 2.79. The normalized spacial score (nSPS) is 24.8. The zero-order chi connectivity index (χ0) is 12.4. The van der Waals surface area contributed by atoms with Crippen molar-refractivity contribution in [3.63, 3.8) is 0 Å². The molecule has 0 radical (unpaired) electrons. The van der Waals surface area contributed by atoms with Crippen molar-refractivity contribution in [2.45, 2.75) is 19.4 Å². The molecule has 0 unspecified atom stereocenters. The van der Waals surface area contributed by atoms with Crippen LogP contribution in [0.3, 0.4) is 0 Å². The summed E-state index contributed by atoms with van der Waals surface area (Å²) in [5, 5.41) is 0. The van der Waals surface area contributed by atoms with Crippen molar-refractivity contribution in [3.05, 3.63) is 12.2 Å². The van der Waals surface area contributed by atoms with Crippen molar-refractivity contribution < 1.29 is 23.9 Å². The van der Waals surface area contributed by atoms with E-state index in [-0.39, 0.29) is 31.0 Å². The van der Waals surface area contributed by atoms with E-state index in [1.54, 1.807) is 13.0 Å². The third-order valence-electron chi connectivity index (χ3n) is 2.79. The summed E-state index contributed by atoms with van der Waals surface area (Å²) in [4.78, 5) is 34.9. The number of amides is 2. The molecule has 2 aliphatic heterocycles. The molecule has 6 nitrogen and oxygen atoms in total. The maximum atomic E-state index is 11.8. The van der Waals surface area contributed by atoms with Crippen LogP contribution in [0.1, 0.15) is 13.3 Å². The quantitative estimate of drug-likeness (QED) is 0.669. The first-order valence-electron chi connectivity index (χ1n) is 5.44. The standard InChI is InChI=1S/C11H13NO5/c1-7(8-2-3-10(14)17-8)6-9(13)12-4-5-16-11(12)15/h2-3,7-8H,4-6H2,1H3/t7-,8+/m1/s1. The molecule has 2 amide bonds. The van der Waals surface area contributed by atoms with Crippen molar-refractivity contribution >= 4 is 18.0 Å². The molecule has 17 heavy (non-hydrogen) atoms. The lowest BCUT2D eigenvalue weighted by molar-refractivity contribution is -0.142. The summed E-state index contributed by atoms with van der Waals surface area (Å²) in [5.41, 5.74) is 0. The summed E-state index contributed by atoms with van der Waals surface area (Å²) >= 11 is 0. The highest BCUT2D eigenvalue weighted by molar-refractivity contribution is 5.93. The molecule has 1 saturated heterocycles. The topological polar surface area (TPSA) is 72.9 Å². The highest BCUT2D eigenvalue weighted by atomic mass is 16.6. The molecule has 0 N–H and O–H groups in total.